The highest BCUT2D eigenvalue weighted by Gasteiger charge is 2.38. The Kier molecular flexibility index (Phi) is 9.16. The molecular weight excluding hydrogens is 509 g/mol. The van der Waals surface area contributed by atoms with Gasteiger partial charge in [0.2, 0.25) is 5.91 Å². The summed E-state index contributed by atoms with van der Waals surface area (Å²) >= 11 is 1.63. The first kappa shape index (κ1) is 27.4. The molecule has 0 aliphatic carbocycles. The van der Waals surface area contributed by atoms with Crippen LogP contribution in [0.1, 0.15) is 33.6 Å². The Morgan fingerprint density at radius 2 is 1.87 bits per heavy atom. The minimum absolute atomic E-state index is 0.0295. The maximum absolute atomic E-state index is 13.4. The summed E-state index contributed by atoms with van der Waals surface area (Å²) in [5.74, 6) is -1.04. The summed E-state index contributed by atoms with van der Waals surface area (Å²) in [4.78, 5) is 42.2. The van der Waals surface area contributed by atoms with Gasteiger partial charge in [-0.05, 0) is 54.1 Å². The first-order valence-electron chi connectivity index (χ1n) is 12.4. The van der Waals surface area contributed by atoms with Crippen LogP contribution in [0.5, 0.6) is 0 Å². The van der Waals surface area contributed by atoms with Crippen LogP contribution < -0.4 is 11.1 Å². The van der Waals surface area contributed by atoms with Gasteiger partial charge in [0.05, 0.1) is 4.92 Å². The summed E-state index contributed by atoms with van der Waals surface area (Å²) in [5, 5.41) is 15.9. The molecule has 1 unspecified atom stereocenters. The number of nitro benzene ring substituents is 1. The number of hydrogen-bond donors (Lipinski definition) is 2. The fourth-order valence-corrected chi connectivity index (χ4v) is 5.45. The lowest BCUT2D eigenvalue weighted by Gasteiger charge is -2.43. The molecular formula is C27H30FN5O4S. The zero-order valence-corrected chi connectivity index (χ0v) is 21.6. The molecule has 0 radical (unpaired) electrons. The number of thiophene rings is 1. The van der Waals surface area contributed by atoms with E-state index in [1.165, 1.54) is 36.4 Å². The van der Waals surface area contributed by atoms with Gasteiger partial charge in [-0.25, -0.2) is 4.39 Å². The maximum atomic E-state index is 13.4. The number of benzene rings is 2. The molecule has 0 bridgehead atoms. The number of amides is 2. The molecule has 0 spiro atoms. The molecule has 3 aromatic rings. The van der Waals surface area contributed by atoms with Gasteiger partial charge in [-0.15, -0.1) is 11.3 Å². The SMILES string of the molecule is NCCNC(=O)[C@H]1CC(N(Cc2ccc([N+](=O)[O-])cc2)Cc2cccs2)CCN1C(=O)c1ccc(F)cc1. The predicted octanol–water partition coefficient (Wildman–Crippen LogP) is 3.55. The van der Waals surface area contributed by atoms with E-state index in [-0.39, 0.29) is 30.1 Å². The van der Waals surface area contributed by atoms with Crippen molar-refractivity contribution in [1.82, 2.24) is 15.1 Å². The van der Waals surface area contributed by atoms with Crippen LogP contribution in [0.4, 0.5) is 10.1 Å². The molecule has 2 aromatic carbocycles. The number of carbonyl (C=O) groups excluding carboxylic acids is 2. The highest BCUT2D eigenvalue weighted by Crippen LogP contribution is 2.28. The summed E-state index contributed by atoms with van der Waals surface area (Å²) < 4.78 is 13.4. The lowest BCUT2D eigenvalue weighted by atomic mass is 9.93. The second kappa shape index (κ2) is 12.7. The standard InChI is InChI=1S/C27H30FN5O4S/c28-21-7-5-20(6-8-21)27(35)32-14-11-23(16-25(32)26(34)30-13-12-29)31(18-24-2-1-15-38-24)17-19-3-9-22(10-4-19)33(36)37/h1-10,15,23,25H,11-14,16-18,29H2,(H,30,34)/t23?,25-/m1/s1. The van der Waals surface area contributed by atoms with E-state index in [1.54, 1.807) is 28.4 Å². The lowest BCUT2D eigenvalue weighted by molar-refractivity contribution is -0.384. The van der Waals surface area contributed by atoms with Crippen LogP contribution in [0.15, 0.2) is 66.0 Å². The van der Waals surface area contributed by atoms with Crippen molar-refractivity contribution < 1.29 is 18.9 Å². The van der Waals surface area contributed by atoms with E-state index < -0.39 is 16.8 Å². The van der Waals surface area contributed by atoms with Gasteiger partial charge in [-0.3, -0.25) is 24.6 Å². The maximum Gasteiger partial charge on any atom is 0.269 e. The Hall–Kier alpha value is -3.67. The van der Waals surface area contributed by atoms with Crippen molar-refractivity contribution in [3.05, 3.63) is 98.0 Å². The number of non-ortho nitro benzene ring substituents is 1. The Morgan fingerprint density at radius 1 is 1.13 bits per heavy atom. The normalized spacial score (nSPS) is 17.4. The highest BCUT2D eigenvalue weighted by atomic mass is 32.1. The number of nitrogens with one attached hydrogen (secondary N) is 1. The van der Waals surface area contributed by atoms with Crippen LogP contribution in [0.25, 0.3) is 0 Å². The molecule has 2 heterocycles. The van der Waals surface area contributed by atoms with Crippen molar-refractivity contribution in [3.63, 3.8) is 0 Å². The number of hydrogen-bond acceptors (Lipinski definition) is 7. The monoisotopic (exact) mass is 539 g/mol. The predicted molar refractivity (Wildman–Crippen MR) is 143 cm³/mol. The lowest BCUT2D eigenvalue weighted by Crippen LogP contribution is -2.57. The van der Waals surface area contributed by atoms with Gasteiger partial charge in [0.15, 0.2) is 0 Å². The first-order chi connectivity index (χ1) is 18.4. The Bertz CT molecular complexity index is 1240. The smallest absolute Gasteiger partial charge is 0.269 e. The highest BCUT2D eigenvalue weighted by molar-refractivity contribution is 7.09. The Morgan fingerprint density at radius 3 is 2.50 bits per heavy atom. The van der Waals surface area contributed by atoms with Crippen molar-refractivity contribution in [2.24, 2.45) is 5.73 Å². The molecule has 200 valence electrons. The molecule has 1 saturated heterocycles. The second-order valence-corrected chi connectivity index (χ2v) is 10.2. The van der Waals surface area contributed by atoms with E-state index in [0.29, 0.717) is 44.6 Å². The quantitative estimate of drug-likeness (QED) is 0.300. The van der Waals surface area contributed by atoms with Crippen molar-refractivity contribution in [3.8, 4) is 0 Å². The van der Waals surface area contributed by atoms with E-state index in [9.17, 15) is 24.1 Å². The number of piperidine rings is 1. The summed E-state index contributed by atoms with van der Waals surface area (Å²) in [6.45, 7) is 2.09. The van der Waals surface area contributed by atoms with E-state index in [2.05, 4.69) is 10.2 Å². The summed E-state index contributed by atoms with van der Waals surface area (Å²) in [7, 11) is 0. The molecule has 1 aromatic heterocycles. The molecule has 9 nitrogen and oxygen atoms in total. The number of nitrogens with two attached hydrogens (primary N) is 1. The topological polar surface area (TPSA) is 122 Å². The molecule has 4 rings (SSSR count). The molecule has 1 fully saturated rings. The van der Waals surface area contributed by atoms with Crippen molar-refractivity contribution in [2.45, 2.75) is 38.0 Å². The fourth-order valence-electron chi connectivity index (χ4n) is 4.72. The number of rotatable bonds is 10. The average molecular weight is 540 g/mol. The van der Waals surface area contributed by atoms with Crippen LogP contribution in [-0.2, 0) is 17.9 Å². The molecule has 1 aliphatic rings. The number of nitrogens with zero attached hydrogens (tertiary/aromatic N) is 3. The number of carbonyl (C=O) groups is 2. The molecule has 11 heteroatoms. The van der Waals surface area contributed by atoms with Gasteiger partial charge in [0.25, 0.3) is 11.6 Å². The van der Waals surface area contributed by atoms with Crippen LogP contribution in [0.3, 0.4) is 0 Å². The minimum atomic E-state index is -0.722. The zero-order valence-electron chi connectivity index (χ0n) is 20.8. The van der Waals surface area contributed by atoms with Crippen molar-refractivity contribution >= 4 is 28.8 Å². The van der Waals surface area contributed by atoms with Gasteiger partial charge in [-0.2, -0.15) is 0 Å². The van der Waals surface area contributed by atoms with Gasteiger partial charge in [0, 0.05) is 61.3 Å². The van der Waals surface area contributed by atoms with E-state index >= 15 is 0 Å². The first-order valence-corrected chi connectivity index (χ1v) is 13.3. The molecule has 2 atom stereocenters. The molecule has 3 N–H and O–H groups in total. The molecule has 2 amide bonds. The van der Waals surface area contributed by atoms with Crippen LogP contribution >= 0.6 is 11.3 Å². The summed E-state index contributed by atoms with van der Waals surface area (Å²) in [6, 6.07) is 15.1. The van der Waals surface area contributed by atoms with Gasteiger partial charge in [0.1, 0.15) is 11.9 Å². The van der Waals surface area contributed by atoms with E-state index in [0.717, 1.165) is 10.4 Å². The second-order valence-electron chi connectivity index (χ2n) is 9.19. The van der Waals surface area contributed by atoms with Crippen molar-refractivity contribution in [2.75, 3.05) is 19.6 Å². The number of halogens is 1. The van der Waals surface area contributed by atoms with Crippen LogP contribution in [0, 0.1) is 15.9 Å². The van der Waals surface area contributed by atoms with Crippen LogP contribution in [0.2, 0.25) is 0 Å². The molecule has 1 aliphatic heterocycles. The summed E-state index contributed by atoms with van der Waals surface area (Å²) in [5.41, 5.74) is 6.86. The Labute approximate surface area is 224 Å². The van der Waals surface area contributed by atoms with Gasteiger partial charge in [-0.1, -0.05) is 18.2 Å². The summed E-state index contributed by atoms with van der Waals surface area (Å²) in [6.07, 6.45) is 1.04. The van der Waals surface area contributed by atoms with E-state index in [1.807, 2.05) is 17.5 Å². The average Bonchev–Trinajstić information content (AvgIpc) is 3.44. The Balaban J connectivity index is 1.57. The van der Waals surface area contributed by atoms with Gasteiger partial charge >= 0.3 is 0 Å². The third kappa shape index (κ3) is 6.80. The third-order valence-electron chi connectivity index (χ3n) is 6.66. The van der Waals surface area contributed by atoms with Crippen molar-refractivity contribution in [1.29, 1.82) is 0 Å². The number of likely N-dealkylation sites (tertiary alicyclic amines) is 1. The molecule has 38 heavy (non-hydrogen) atoms. The molecule has 0 saturated carbocycles. The minimum Gasteiger partial charge on any atom is -0.353 e. The van der Waals surface area contributed by atoms with Crippen LogP contribution in [-0.4, -0.2) is 58.3 Å². The number of nitro groups is 1. The van der Waals surface area contributed by atoms with E-state index in [4.69, 9.17) is 5.73 Å². The van der Waals surface area contributed by atoms with Gasteiger partial charge < -0.3 is 16.0 Å². The fraction of sp³-hybridized carbons (Fsp3) is 0.333. The zero-order chi connectivity index (χ0) is 27.1. The third-order valence-corrected chi connectivity index (χ3v) is 7.52. The largest absolute Gasteiger partial charge is 0.353 e.